The largest absolute Gasteiger partial charge is 0.481 e. The number of piperidine rings is 1. The van der Waals surface area contributed by atoms with Crippen LogP contribution in [0, 0.1) is 11.8 Å². The minimum absolute atomic E-state index is 0. The summed E-state index contributed by atoms with van der Waals surface area (Å²) in [6.45, 7) is 7.79. The van der Waals surface area contributed by atoms with E-state index >= 15 is 0 Å². The van der Waals surface area contributed by atoms with E-state index < -0.39 is 5.97 Å². The van der Waals surface area contributed by atoms with Gasteiger partial charge in [-0.25, -0.2) is 0 Å². The fourth-order valence-corrected chi connectivity index (χ4v) is 2.43. The molecule has 2 atom stereocenters. The molecule has 90 valence electrons. The summed E-state index contributed by atoms with van der Waals surface area (Å²) < 4.78 is 0. The van der Waals surface area contributed by atoms with Crippen LogP contribution in [0.2, 0.25) is 0 Å². The second-order valence-corrected chi connectivity index (χ2v) is 4.70. The van der Waals surface area contributed by atoms with Crippen molar-refractivity contribution >= 4 is 18.4 Å². The van der Waals surface area contributed by atoms with Gasteiger partial charge in [0, 0.05) is 19.5 Å². The van der Waals surface area contributed by atoms with E-state index in [1.54, 1.807) is 0 Å². The van der Waals surface area contributed by atoms with Crippen LogP contribution >= 0.6 is 12.4 Å². The molecule has 3 nitrogen and oxygen atoms in total. The van der Waals surface area contributed by atoms with Crippen molar-refractivity contribution in [2.24, 2.45) is 11.8 Å². The SMILES string of the molecule is CC1CC(C)CN(CCCC(=O)O)C1.Cl. The van der Waals surface area contributed by atoms with Gasteiger partial charge in [-0.3, -0.25) is 4.79 Å². The normalized spacial score (nSPS) is 27.1. The molecule has 15 heavy (non-hydrogen) atoms. The Morgan fingerprint density at radius 2 is 1.87 bits per heavy atom. The van der Waals surface area contributed by atoms with Crippen LogP contribution < -0.4 is 0 Å². The second kappa shape index (κ2) is 7.07. The summed E-state index contributed by atoms with van der Waals surface area (Å²) in [5.74, 6) is 0.857. The maximum atomic E-state index is 10.4. The Morgan fingerprint density at radius 3 is 2.33 bits per heavy atom. The number of carboxylic acid groups (broad SMARTS) is 1. The highest BCUT2D eigenvalue weighted by molar-refractivity contribution is 5.85. The lowest BCUT2D eigenvalue weighted by Crippen LogP contribution is -2.39. The van der Waals surface area contributed by atoms with E-state index in [-0.39, 0.29) is 12.4 Å². The van der Waals surface area contributed by atoms with E-state index in [4.69, 9.17) is 5.11 Å². The van der Waals surface area contributed by atoms with Crippen LogP contribution in [-0.2, 0) is 4.79 Å². The number of aliphatic carboxylic acids is 1. The second-order valence-electron chi connectivity index (χ2n) is 4.70. The Balaban J connectivity index is 0.00000196. The predicted octanol–water partition coefficient (Wildman–Crippen LogP) is 2.25. The zero-order chi connectivity index (χ0) is 10.6. The molecule has 0 aromatic heterocycles. The molecule has 0 spiro atoms. The van der Waals surface area contributed by atoms with Crippen LogP contribution in [-0.4, -0.2) is 35.6 Å². The molecule has 1 saturated heterocycles. The molecule has 4 heteroatoms. The maximum Gasteiger partial charge on any atom is 0.303 e. The quantitative estimate of drug-likeness (QED) is 0.813. The van der Waals surface area contributed by atoms with E-state index in [9.17, 15) is 4.79 Å². The minimum atomic E-state index is -0.678. The highest BCUT2D eigenvalue weighted by Crippen LogP contribution is 2.20. The lowest BCUT2D eigenvalue weighted by molar-refractivity contribution is -0.137. The van der Waals surface area contributed by atoms with Crippen molar-refractivity contribution in [3.05, 3.63) is 0 Å². The predicted molar refractivity (Wildman–Crippen MR) is 63.5 cm³/mol. The molecule has 0 aliphatic carbocycles. The first-order valence-electron chi connectivity index (χ1n) is 5.52. The van der Waals surface area contributed by atoms with Gasteiger partial charge in [0.2, 0.25) is 0 Å². The van der Waals surface area contributed by atoms with Crippen LogP contribution in [0.25, 0.3) is 0 Å². The summed E-state index contributed by atoms with van der Waals surface area (Å²) in [5, 5.41) is 8.53. The molecule has 1 heterocycles. The lowest BCUT2D eigenvalue weighted by atomic mass is 9.92. The van der Waals surface area contributed by atoms with Gasteiger partial charge in [-0.2, -0.15) is 0 Å². The van der Waals surface area contributed by atoms with Crippen molar-refractivity contribution < 1.29 is 9.90 Å². The fraction of sp³-hybridized carbons (Fsp3) is 0.909. The number of hydrogen-bond acceptors (Lipinski definition) is 2. The van der Waals surface area contributed by atoms with Crippen LogP contribution in [0.3, 0.4) is 0 Å². The summed E-state index contributed by atoms with van der Waals surface area (Å²) in [4.78, 5) is 12.8. The van der Waals surface area contributed by atoms with Gasteiger partial charge < -0.3 is 10.0 Å². The molecule has 0 bridgehead atoms. The molecule has 0 amide bonds. The van der Waals surface area contributed by atoms with E-state index in [0.717, 1.165) is 37.9 Å². The van der Waals surface area contributed by atoms with Gasteiger partial charge in [0.15, 0.2) is 0 Å². The number of carbonyl (C=O) groups is 1. The van der Waals surface area contributed by atoms with Crippen molar-refractivity contribution in [2.45, 2.75) is 33.1 Å². The molecule has 0 saturated carbocycles. The number of halogens is 1. The number of rotatable bonds is 4. The first-order valence-corrected chi connectivity index (χ1v) is 5.52. The summed E-state index contributed by atoms with van der Waals surface area (Å²) in [6.07, 6.45) is 2.41. The summed E-state index contributed by atoms with van der Waals surface area (Å²) in [6, 6.07) is 0. The van der Waals surface area contributed by atoms with E-state index in [2.05, 4.69) is 18.7 Å². The average molecular weight is 236 g/mol. The van der Waals surface area contributed by atoms with Gasteiger partial charge in [0.25, 0.3) is 0 Å². The highest BCUT2D eigenvalue weighted by Gasteiger charge is 2.21. The van der Waals surface area contributed by atoms with Crippen LogP contribution in [0.5, 0.6) is 0 Å². The van der Waals surface area contributed by atoms with E-state index in [1.165, 1.54) is 6.42 Å². The highest BCUT2D eigenvalue weighted by atomic mass is 35.5. The number of carboxylic acids is 1. The number of hydrogen-bond donors (Lipinski definition) is 1. The standard InChI is InChI=1S/C11H21NO2.ClH/c1-9-6-10(2)8-12(7-9)5-3-4-11(13)14;/h9-10H,3-8H2,1-2H3,(H,13,14);1H. The monoisotopic (exact) mass is 235 g/mol. The summed E-state index contributed by atoms with van der Waals surface area (Å²) in [7, 11) is 0. The average Bonchev–Trinajstić information content (AvgIpc) is 2.01. The molecule has 1 aliphatic rings. The van der Waals surface area contributed by atoms with E-state index in [0.29, 0.717) is 6.42 Å². The molecule has 1 rings (SSSR count). The van der Waals surface area contributed by atoms with Crippen molar-refractivity contribution in [1.82, 2.24) is 4.90 Å². The Bertz CT molecular complexity index is 189. The van der Waals surface area contributed by atoms with Gasteiger partial charge in [-0.05, 0) is 31.2 Å². The van der Waals surface area contributed by atoms with Gasteiger partial charge >= 0.3 is 5.97 Å². The van der Waals surface area contributed by atoms with E-state index in [1.807, 2.05) is 0 Å². The van der Waals surface area contributed by atoms with Crippen molar-refractivity contribution in [3.63, 3.8) is 0 Å². The smallest absolute Gasteiger partial charge is 0.303 e. The van der Waals surface area contributed by atoms with Crippen molar-refractivity contribution in [3.8, 4) is 0 Å². The van der Waals surface area contributed by atoms with Gasteiger partial charge in [-0.15, -0.1) is 12.4 Å². The third kappa shape index (κ3) is 6.00. The van der Waals surface area contributed by atoms with Crippen LogP contribution in [0.15, 0.2) is 0 Å². The first kappa shape index (κ1) is 14.7. The first-order chi connectivity index (χ1) is 6.58. The van der Waals surface area contributed by atoms with Crippen molar-refractivity contribution in [2.75, 3.05) is 19.6 Å². The molecule has 1 fully saturated rings. The Labute approximate surface area is 98.3 Å². The van der Waals surface area contributed by atoms with Crippen LogP contribution in [0.1, 0.15) is 33.1 Å². The molecule has 2 unspecified atom stereocenters. The molecule has 0 aromatic rings. The topological polar surface area (TPSA) is 40.5 Å². The molecular weight excluding hydrogens is 214 g/mol. The van der Waals surface area contributed by atoms with Crippen molar-refractivity contribution in [1.29, 1.82) is 0 Å². The van der Waals surface area contributed by atoms with Gasteiger partial charge in [0.05, 0.1) is 0 Å². The van der Waals surface area contributed by atoms with Crippen LogP contribution in [0.4, 0.5) is 0 Å². The van der Waals surface area contributed by atoms with Gasteiger partial charge in [0.1, 0.15) is 0 Å². The number of nitrogens with zero attached hydrogens (tertiary/aromatic N) is 1. The maximum absolute atomic E-state index is 10.4. The molecule has 1 N–H and O–H groups in total. The third-order valence-corrected chi connectivity index (χ3v) is 2.81. The molecule has 0 aromatic carbocycles. The Hall–Kier alpha value is -0.280. The molecular formula is C11H22ClNO2. The summed E-state index contributed by atoms with van der Waals surface area (Å²) in [5.41, 5.74) is 0. The number of likely N-dealkylation sites (tertiary alicyclic amines) is 1. The zero-order valence-electron chi connectivity index (χ0n) is 9.61. The summed E-state index contributed by atoms with van der Waals surface area (Å²) >= 11 is 0. The van der Waals surface area contributed by atoms with Gasteiger partial charge in [-0.1, -0.05) is 13.8 Å². The Morgan fingerprint density at radius 1 is 1.33 bits per heavy atom. The zero-order valence-corrected chi connectivity index (χ0v) is 10.4. The minimum Gasteiger partial charge on any atom is -0.481 e. The third-order valence-electron chi connectivity index (χ3n) is 2.81. The Kier molecular flexibility index (Phi) is 6.94. The molecule has 1 aliphatic heterocycles. The lowest BCUT2D eigenvalue weighted by Gasteiger charge is -2.34. The molecule has 0 radical (unpaired) electrons. The fourth-order valence-electron chi connectivity index (χ4n) is 2.43.